The number of halogens is 1. The fourth-order valence-corrected chi connectivity index (χ4v) is 1.82. The molecule has 0 heterocycles. The molecule has 0 spiro atoms. The van der Waals surface area contributed by atoms with Gasteiger partial charge in [-0.2, -0.15) is 0 Å². The predicted octanol–water partition coefficient (Wildman–Crippen LogP) is 2.46. The van der Waals surface area contributed by atoms with Gasteiger partial charge in [0.05, 0.1) is 21.1 Å². The van der Waals surface area contributed by atoms with Crippen molar-refractivity contribution < 1.29 is 8.42 Å². The monoisotopic (exact) mass is 262 g/mol. The number of nitrogens with two attached hydrogens (primary N) is 1. The highest BCUT2D eigenvalue weighted by Gasteiger charge is 2.28. The number of hydrogen-bond donors (Lipinski definition) is 2. The lowest BCUT2D eigenvalue weighted by Crippen LogP contribution is -2.33. The van der Waals surface area contributed by atoms with Crippen LogP contribution in [0.4, 0.5) is 11.4 Å². The predicted molar refractivity (Wildman–Crippen MR) is 68.2 cm³/mol. The highest BCUT2D eigenvalue weighted by Crippen LogP contribution is 2.25. The number of benzene rings is 1. The van der Waals surface area contributed by atoms with Crippen molar-refractivity contribution in [2.45, 2.75) is 25.5 Å². The topological polar surface area (TPSA) is 72.2 Å². The minimum atomic E-state index is -3.43. The molecular formula is C10H15ClN2O2S. The van der Waals surface area contributed by atoms with Crippen LogP contribution in [0.5, 0.6) is 0 Å². The zero-order valence-electron chi connectivity index (χ0n) is 9.41. The van der Waals surface area contributed by atoms with E-state index in [9.17, 15) is 8.42 Å². The van der Waals surface area contributed by atoms with Crippen LogP contribution in [0, 0.1) is 0 Å². The van der Waals surface area contributed by atoms with Gasteiger partial charge < -0.3 is 5.73 Å². The van der Waals surface area contributed by atoms with E-state index in [1.54, 1.807) is 32.9 Å². The van der Waals surface area contributed by atoms with Crippen LogP contribution in [0.15, 0.2) is 18.2 Å². The highest BCUT2D eigenvalue weighted by molar-refractivity contribution is 7.94. The average molecular weight is 263 g/mol. The van der Waals surface area contributed by atoms with E-state index in [2.05, 4.69) is 4.72 Å². The maximum absolute atomic E-state index is 11.8. The minimum Gasteiger partial charge on any atom is -0.398 e. The summed E-state index contributed by atoms with van der Waals surface area (Å²) < 4.78 is 25.2. The van der Waals surface area contributed by atoms with Crippen molar-refractivity contribution in [3.8, 4) is 0 Å². The maximum Gasteiger partial charge on any atom is 0.237 e. The van der Waals surface area contributed by atoms with Crippen molar-refractivity contribution in [1.82, 2.24) is 0 Å². The van der Waals surface area contributed by atoms with Gasteiger partial charge in [0, 0.05) is 0 Å². The first-order valence-electron chi connectivity index (χ1n) is 4.71. The van der Waals surface area contributed by atoms with E-state index < -0.39 is 14.8 Å². The highest BCUT2D eigenvalue weighted by atomic mass is 35.5. The van der Waals surface area contributed by atoms with E-state index in [4.69, 9.17) is 17.3 Å². The third kappa shape index (κ3) is 2.80. The summed E-state index contributed by atoms with van der Waals surface area (Å²) in [5, 5.41) is 0.328. The molecule has 0 amide bonds. The molecule has 0 aliphatic carbocycles. The summed E-state index contributed by atoms with van der Waals surface area (Å²) in [6.07, 6.45) is 0. The van der Waals surface area contributed by atoms with E-state index in [-0.39, 0.29) is 0 Å². The third-order valence-electron chi connectivity index (χ3n) is 2.06. The Morgan fingerprint density at radius 1 is 1.31 bits per heavy atom. The van der Waals surface area contributed by atoms with Crippen molar-refractivity contribution in [3.63, 3.8) is 0 Å². The van der Waals surface area contributed by atoms with Crippen LogP contribution in [0.25, 0.3) is 0 Å². The maximum atomic E-state index is 11.8. The molecule has 0 saturated carbocycles. The first-order valence-corrected chi connectivity index (χ1v) is 6.57. The van der Waals surface area contributed by atoms with Crippen molar-refractivity contribution in [2.24, 2.45) is 0 Å². The van der Waals surface area contributed by atoms with Crippen LogP contribution >= 0.6 is 11.6 Å². The van der Waals surface area contributed by atoms with Crippen LogP contribution in [-0.2, 0) is 10.0 Å². The van der Waals surface area contributed by atoms with Gasteiger partial charge in [-0.25, -0.2) is 8.42 Å². The van der Waals surface area contributed by atoms with Crippen LogP contribution < -0.4 is 10.5 Å². The van der Waals surface area contributed by atoms with Gasteiger partial charge in [0.1, 0.15) is 0 Å². The summed E-state index contributed by atoms with van der Waals surface area (Å²) in [5.74, 6) is 0. The quantitative estimate of drug-likeness (QED) is 0.804. The van der Waals surface area contributed by atoms with Crippen molar-refractivity contribution in [2.75, 3.05) is 10.5 Å². The molecule has 3 N–H and O–H groups in total. The van der Waals surface area contributed by atoms with Gasteiger partial charge in [-0.3, -0.25) is 4.72 Å². The number of nitrogens with one attached hydrogen (secondary N) is 1. The summed E-state index contributed by atoms with van der Waals surface area (Å²) in [7, 11) is -3.43. The molecule has 0 saturated heterocycles. The van der Waals surface area contributed by atoms with Crippen LogP contribution in [0.3, 0.4) is 0 Å². The molecule has 0 radical (unpaired) electrons. The third-order valence-corrected chi connectivity index (χ3v) is 4.50. The van der Waals surface area contributed by atoms with Gasteiger partial charge in [0.2, 0.25) is 10.0 Å². The first kappa shape index (κ1) is 13.1. The Labute approximate surface area is 101 Å². The summed E-state index contributed by atoms with van der Waals surface area (Å²) in [6.45, 7) is 4.86. The van der Waals surface area contributed by atoms with Crippen LogP contribution in [-0.4, -0.2) is 13.2 Å². The normalized spacial score (nSPS) is 12.5. The lowest BCUT2D eigenvalue weighted by atomic mass is 10.3. The van der Waals surface area contributed by atoms with Crippen molar-refractivity contribution in [3.05, 3.63) is 23.2 Å². The second kappa shape index (κ2) is 4.14. The van der Waals surface area contributed by atoms with E-state index in [0.29, 0.717) is 16.4 Å². The largest absolute Gasteiger partial charge is 0.398 e. The van der Waals surface area contributed by atoms with Gasteiger partial charge in [-0.1, -0.05) is 11.6 Å². The molecule has 0 aliphatic rings. The smallest absolute Gasteiger partial charge is 0.237 e. The molecule has 1 aromatic carbocycles. The van der Waals surface area contributed by atoms with Crippen LogP contribution in [0.1, 0.15) is 20.8 Å². The Kier molecular flexibility index (Phi) is 3.40. The Morgan fingerprint density at radius 3 is 2.31 bits per heavy atom. The van der Waals surface area contributed by atoms with Crippen LogP contribution in [0.2, 0.25) is 5.02 Å². The lowest BCUT2D eigenvalue weighted by molar-refractivity contribution is 0.566. The summed E-state index contributed by atoms with van der Waals surface area (Å²) >= 11 is 5.80. The molecule has 1 rings (SSSR count). The van der Waals surface area contributed by atoms with Gasteiger partial charge in [0.15, 0.2) is 0 Å². The molecule has 0 atom stereocenters. The molecule has 0 unspecified atom stereocenters. The van der Waals surface area contributed by atoms with Gasteiger partial charge >= 0.3 is 0 Å². The molecule has 90 valence electrons. The zero-order chi connectivity index (χ0) is 12.6. The van der Waals surface area contributed by atoms with Gasteiger partial charge in [0.25, 0.3) is 0 Å². The number of sulfonamides is 1. The van der Waals surface area contributed by atoms with E-state index in [1.807, 2.05) is 0 Å². The molecule has 4 nitrogen and oxygen atoms in total. The van der Waals surface area contributed by atoms with Gasteiger partial charge in [-0.05, 0) is 39.0 Å². The average Bonchev–Trinajstić information content (AvgIpc) is 2.09. The summed E-state index contributed by atoms with van der Waals surface area (Å²) in [5.41, 5.74) is 6.36. The van der Waals surface area contributed by atoms with Gasteiger partial charge in [-0.15, -0.1) is 0 Å². The SMILES string of the molecule is CC(C)(C)S(=O)(=O)Nc1ccc(N)c(Cl)c1. The number of anilines is 2. The van der Waals surface area contributed by atoms with Crippen molar-refractivity contribution in [1.29, 1.82) is 0 Å². The fraction of sp³-hybridized carbons (Fsp3) is 0.400. The van der Waals surface area contributed by atoms with E-state index >= 15 is 0 Å². The standard InChI is InChI=1S/C10H15ClN2O2S/c1-10(2,3)16(14,15)13-7-4-5-9(12)8(11)6-7/h4-6,13H,12H2,1-3H3. The number of rotatable bonds is 2. The fourth-order valence-electron chi connectivity index (χ4n) is 0.899. The number of hydrogen-bond acceptors (Lipinski definition) is 3. The lowest BCUT2D eigenvalue weighted by Gasteiger charge is -2.20. The summed E-state index contributed by atoms with van der Waals surface area (Å²) in [4.78, 5) is 0. The molecule has 0 fully saturated rings. The molecular weight excluding hydrogens is 248 g/mol. The second-order valence-corrected chi connectivity index (χ2v) is 7.30. The van der Waals surface area contributed by atoms with Crippen molar-refractivity contribution >= 4 is 33.0 Å². The minimum absolute atomic E-state index is 0.328. The molecule has 16 heavy (non-hydrogen) atoms. The Morgan fingerprint density at radius 2 is 1.88 bits per heavy atom. The molecule has 0 aromatic heterocycles. The summed E-state index contributed by atoms with van der Waals surface area (Å²) in [6, 6.07) is 4.62. The molecule has 1 aromatic rings. The van der Waals surface area contributed by atoms with E-state index in [1.165, 1.54) is 6.07 Å². The first-order chi connectivity index (χ1) is 7.13. The Bertz CT molecular complexity index is 492. The second-order valence-electron chi connectivity index (χ2n) is 4.45. The zero-order valence-corrected chi connectivity index (χ0v) is 11.0. The molecule has 6 heteroatoms. The number of nitrogen functional groups attached to an aromatic ring is 1. The Balaban J connectivity index is 3.03. The Hall–Kier alpha value is -0.940. The van der Waals surface area contributed by atoms with E-state index in [0.717, 1.165) is 0 Å². The molecule has 0 aliphatic heterocycles. The molecule has 0 bridgehead atoms.